The van der Waals surface area contributed by atoms with Crippen LogP contribution in [-0.2, 0) is 4.74 Å². The summed E-state index contributed by atoms with van der Waals surface area (Å²) in [6.45, 7) is 1.50. The summed E-state index contributed by atoms with van der Waals surface area (Å²) in [5.41, 5.74) is 12.0. The largest absolute Gasteiger partial charge is 1.00 e. The third-order valence-electron chi connectivity index (χ3n) is 4.10. The Balaban J connectivity index is 0.00000192. The maximum absolute atomic E-state index is 11.6. The highest BCUT2D eigenvalue weighted by molar-refractivity contribution is 6.08. The van der Waals surface area contributed by atoms with Gasteiger partial charge in [-0.25, -0.2) is 9.55 Å². The van der Waals surface area contributed by atoms with Crippen LogP contribution in [-0.4, -0.2) is 44.5 Å². The molecule has 0 aromatic carbocycles. The van der Waals surface area contributed by atoms with E-state index in [2.05, 4.69) is 9.97 Å². The number of amides is 1. The first-order chi connectivity index (χ1) is 10.5. The van der Waals surface area contributed by atoms with Crippen molar-refractivity contribution in [3.63, 3.8) is 0 Å². The van der Waals surface area contributed by atoms with Gasteiger partial charge in [-0.15, -0.1) is 0 Å². The number of aliphatic hydroxyl groups excluding tert-OH is 2. The topological polar surface area (TPSA) is 151 Å². The van der Waals surface area contributed by atoms with Crippen molar-refractivity contribution in [1.29, 1.82) is 0 Å². The third-order valence-corrected chi connectivity index (χ3v) is 4.10. The first-order valence-corrected chi connectivity index (χ1v) is 6.86. The van der Waals surface area contributed by atoms with E-state index < -0.39 is 24.3 Å². The minimum absolute atomic E-state index is 0. The van der Waals surface area contributed by atoms with E-state index in [0.29, 0.717) is 11.0 Å². The van der Waals surface area contributed by atoms with Gasteiger partial charge in [-0.1, -0.05) is 11.9 Å². The van der Waals surface area contributed by atoms with Gasteiger partial charge in [-0.3, -0.25) is 4.79 Å². The molecule has 23 heavy (non-hydrogen) atoms. The van der Waals surface area contributed by atoms with E-state index in [9.17, 15) is 15.0 Å². The molecule has 0 bridgehead atoms. The van der Waals surface area contributed by atoms with Crippen LogP contribution in [0.2, 0.25) is 0 Å². The van der Waals surface area contributed by atoms with Crippen LogP contribution in [0.3, 0.4) is 0 Å². The van der Waals surface area contributed by atoms with E-state index in [-0.39, 0.29) is 36.3 Å². The Morgan fingerprint density at radius 3 is 2.83 bits per heavy atom. The summed E-state index contributed by atoms with van der Waals surface area (Å²) < 4.78 is 7.34. The number of carbonyl (C=O) groups is 1. The molecule has 1 amide bonds. The van der Waals surface area contributed by atoms with Gasteiger partial charge in [0.15, 0.2) is 6.23 Å². The summed E-state index contributed by atoms with van der Waals surface area (Å²) in [4.78, 5) is 18.5. The zero-order valence-electron chi connectivity index (χ0n) is 12.3. The van der Waals surface area contributed by atoms with Crippen molar-refractivity contribution >= 4 is 22.8 Å². The number of primary amides is 1. The monoisotopic (exact) mass is 343 g/mol. The molecular formula is C13H18ClN5O4. The lowest BCUT2D eigenvalue weighted by atomic mass is 10.0. The number of aromatic nitrogens is 3. The Labute approximate surface area is 137 Å². The maximum atomic E-state index is 11.6. The van der Waals surface area contributed by atoms with E-state index in [1.54, 1.807) is 11.5 Å². The molecule has 0 spiro atoms. The van der Waals surface area contributed by atoms with Gasteiger partial charge in [0.2, 0.25) is 17.8 Å². The Morgan fingerprint density at radius 2 is 2.26 bits per heavy atom. The number of anilines is 1. The predicted molar refractivity (Wildman–Crippen MR) is 75.4 cm³/mol. The van der Waals surface area contributed by atoms with Crippen molar-refractivity contribution in [2.45, 2.75) is 25.4 Å². The molecule has 2 aromatic heterocycles. The van der Waals surface area contributed by atoms with Crippen LogP contribution in [0.4, 0.5) is 5.82 Å². The van der Waals surface area contributed by atoms with Gasteiger partial charge in [0.25, 0.3) is 5.91 Å². The standard InChI is InChI=1S/C13H17N5O4.ClH/c1-5-9(20)7(3-19)22-13(5)18-2-6(11(15)21)8-10(14)16-4-17-12(8)18;/h2,4-5,7,9,13,19-20H,3H2,1H3,(H2,15,21)(H2,14,16,17);1H/t5-,7-,9+,13-;/m1./s1. The Morgan fingerprint density at radius 1 is 1.57 bits per heavy atom. The van der Waals surface area contributed by atoms with Gasteiger partial charge in [0.1, 0.15) is 11.5 Å². The number of aromatic amines is 1. The zero-order chi connectivity index (χ0) is 16.0. The quantitative estimate of drug-likeness (QED) is 0.440. The highest BCUT2D eigenvalue weighted by Crippen LogP contribution is 2.37. The van der Waals surface area contributed by atoms with E-state index in [0.717, 1.165) is 0 Å². The molecule has 1 fully saturated rings. The summed E-state index contributed by atoms with van der Waals surface area (Å²) in [6.07, 6.45) is 0.853. The lowest BCUT2D eigenvalue weighted by molar-refractivity contribution is -0.355. The normalized spacial score (nSPS) is 27.1. The molecule has 4 atom stereocenters. The minimum atomic E-state index is -0.816. The van der Waals surface area contributed by atoms with Crippen LogP contribution in [0.25, 0.3) is 11.0 Å². The van der Waals surface area contributed by atoms with E-state index in [4.69, 9.17) is 16.2 Å². The second-order valence-corrected chi connectivity index (χ2v) is 5.42. The summed E-state index contributed by atoms with van der Waals surface area (Å²) in [5, 5.41) is 19.8. The molecule has 1 aliphatic rings. The Bertz CT molecular complexity index is 736. The average molecular weight is 344 g/mol. The Hall–Kier alpha value is -1.94. The number of hydrogen-bond acceptors (Lipinski definition) is 6. The lowest BCUT2D eigenvalue weighted by Crippen LogP contribution is -3.00. The van der Waals surface area contributed by atoms with Gasteiger partial charge in [-0.05, 0) is 0 Å². The molecule has 126 valence electrons. The molecule has 1 aliphatic heterocycles. The van der Waals surface area contributed by atoms with E-state index in [1.165, 1.54) is 12.5 Å². The van der Waals surface area contributed by atoms with Crippen LogP contribution < -0.4 is 28.9 Å². The second kappa shape index (κ2) is 6.28. The van der Waals surface area contributed by atoms with Crippen LogP contribution in [0.1, 0.15) is 23.5 Å². The van der Waals surface area contributed by atoms with Crippen LogP contribution >= 0.6 is 0 Å². The van der Waals surface area contributed by atoms with Crippen molar-refractivity contribution in [2.24, 2.45) is 11.7 Å². The Kier molecular flexibility index (Phi) is 4.76. The molecule has 3 heterocycles. The summed E-state index contributed by atoms with van der Waals surface area (Å²) in [5.74, 6) is -0.760. The number of carbonyl (C=O) groups excluding carboxylic acids is 1. The maximum Gasteiger partial charge on any atom is 0.252 e. The van der Waals surface area contributed by atoms with Crippen molar-refractivity contribution < 1.29 is 37.1 Å². The van der Waals surface area contributed by atoms with Gasteiger partial charge >= 0.3 is 0 Å². The molecule has 7 N–H and O–H groups in total. The summed E-state index contributed by atoms with van der Waals surface area (Å²) >= 11 is 0. The highest BCUT2D eigenvalue weighted by atomic mass is 35.5. The first kappa shape index (κ1) is 17.4. The predicted octanol–water partition coefficient (Wildman–Crippen LogP) is -4.58. The zero-order valence-corrected chi connectivity index (χ0v) is 13.1. The number of aliphatic hydroxyl groups is 2. The first-order valence-electron chi connectivity index (χ1n) is 6.86. The summed E-state index contributed by atoms with van der Waals surface area (Å²) in [7, 11) is 0. The molecule has 0 aliphatic carbocycles. The minimum Gasteiger partial charge on any atom is -1.00 e. The molecule has 0 unspecified atom stereocenters. The molecule has 0 radical (unpaired) electrons. The number of fused-ring (bicyclic) bond motifs is 1. The molecular weight excluding hydrogens is 326 g/mol. The number of ether oxygens (including phenoxy) is 1. The number of hydrogen-bond donors (Lipinski definition) is 4. The molecule has 2 aromatic rings. The highest BCUT2D eigenvalue weighted by Gasteiger charge is 2.44. The second-order valence-electron chi connectivity index (χ2n) is 5.42. The van der Waals surface area contributed by atoms with Gasteiger partial charge < -0.3 is 38.8 Å². The van der Waals surface area contributed by atoms with E-state index >= 15 is 0 Å². The van der Waals surface area contributed by atoms with Crippen LogP contribution in [0, 0.1) is 5.92 Å². The van der Waals surface area contributed by atoms with Gasteiger partial charge in [-0.2, -0.15) is 0 Å². The fourth-order valence-electron chi connectivity index (χ4n) is 2.91. The van der Waals surface area contributed by atoms with Crippen LogP contribution in [0.15, 0.2) is 12.5 Å². The number of halogens is 1. The molecule has 1 saturated heterocycles. The number of nitrogen functional groups attached to an aromatic ring is 1. The fourth-order valence-corrected chi connectivity index (χ4v) is 2.91. The molecule has 10 heteroatoms. The molecule has 9 nitrogen and oxygen atoms in total. The number of nitrogens with two attached hydrogens (primary N) is 2. The van der Waals surface area contributed by atoms with Crippen molar-refractivity contribution in [3.05, 3.63) is 18.1 Å². The number of rotatable bonds is 3. The van der Waals surface area contributed by atoms with Crippen LogP contribution in [0.5, 0.6) is 0 Å². The van der Waals surface area contributed by atoms with Crippen molar-refractivity contribution in [2.75, 3.05) is 12.3 Å². The van der Waals surface area contributed by atoms with Crippen molar-refractivity contribution in [1.82, 2.24) is 9.55 Å². The third kappa shape index (κ3) is 2.61. The summed E-state index contributed by atoms with van der Waals surface area (Å²) in [6, 6.07) is 0. The number of H-pyrrole nitrogens is 1. The smallest absolute Gasteiger partial charge is 0.252 e. The SMILES string of the molecule is C[C@@H]1[C@H](O)[C@@H](CO)O[C@H]1n1cc(C(N)=O)c2c(N)nc[nH+]c21.[Cl-]. The number of nitrogens with zero attached hydrogens (tertiary/aromatic N) is 2. The average Bonchev–Trinajstić information content (AvgIpc) is 3.00. The fraction of sp³-hybridized carbons (Fsp3) is 0.462. The molecule has 3 rings (SSSR count). The number of nitrogens with one attached hydrogen (secondary N) is 1. The molecule has 0 saturated carbocycles. The van der Waals surface area contributed by atoms with Crippen molar-refractivity contribution in [3.8, 4) is 0 Å². The van der Waals surface area contributed by atoms with Gasteiger partial charge in [0, 0.05) is 5.92 Å². The van der Waals surface area contributed by atoms with Gasteiger partial charge in [0.05, 0.1) is 24.5 Å². The van der Waals surface area contributed by atoms with E-state index in [1.807, 2.05) is 0 Å². The lowest BCUT2D eigenvalue weighted by Gasteiger charge is -2.14.